The van der Waals surface area contributed by atoms with Crippen molar-refractivity contribution in [2.45, 2.75) is 50.9 Å². The largest absolute Gasteiger partial charge is 0.439 e. The minimum Gasteiger partial charge on any atom is -0.439 e. The molecule has 2 aliphatic rings. The summed E-state index contributed by atoms with van der Waals surface area (Å²) in [6.07, 6.45) is 7.23. The molecule has 0 amide bonds. The second-order valence-electron chi connectivity index (χ2n) is 10.2. The molecular formula is C29H35N5OS. The maximum atomic E-state index is 6.09. The Kier molecular flexibility index (Phi) is 7.66. The van der Waals surface area contributed by atoms with Crippen LogP contribution >= 0.6 is 12.2 Å². The summed E-state index contributed by atoms with van der Waals surface area (Å²) >= 11 is 5.71. The van der Waals surface area contributed by atoms with E-state index in [1.807, 2.05) is 36.4 Å². The lowest BCUT2D eigenvalue weighted by Crippen LogP contribution is -2.41. The van der Waals surface area contributed by atoms with E-state index in [-0.39, 0.29) is 5.41 Å². The van der Waals surface area contributed by atoms with Crippen LogP contribution < -0.4 is 20.3 Å². The van der Waals surface area contributed by atoms with Crippen LogP contribution in [0.1, 0.15) is 51.0 Å². The molecule has 3 aromatic rings. The fraction of sp³-hybridized carbons (Fsp3) is 0.414. The van der Waals surface area contributed by atoms with Crippen LogP contribution in [-0.4, -0.2) is 34.7 Å². The lowest BCUT2D eigenvalue weighted by Gasteiger charge is -2.32. The van der Waals surface area contributed by atoms with E-state index in [0.717, 1.165) is 37.6 Å². The van der Waals surface area contributed by atoms with Crippen molar-refractivity contribution in [1.29, 1.82) is 0 Å². The minimum atomic E-state index is 0.112. The van der Waals surface area contributed by atoms with E-state index in [4.69, 9.17) is 21.9 Å². The van der Waals surface area contributed by atoms with Crippen LogP contribution in [0, 0.1) is 5.92 Å². The molecule has 0 bridgehead atoms. The van der Waals surface area contributed by atoms with Crippen LogP contribution in [0.15, 0.2) is 66.7 Å². The quantitative estimate of drug-likeness (QED) is 0.368. The van der Waals surface area contributed by atoms with E-state index in [1.165, 1.54) is 37.7 Å². The molecule has 7 heteroatoms. The second-order valence-corrected chi connectivity index (χ2v) is 10.6. The van der Waals surface area contributed by atoms with Gasteiger partial charge in [-0.15, -0.1) is 0 Å². The third-order valence-electron chi connectivity index (χ3n) is 7.40. The van der Waals surface area contributed by atoms with E-state index < -0.39 is 0 Å². The Balaban J connectivity index is 1.32. The van der Waals surface area contributed by atoms with Crippen LogP contribution in [0.4, 0.5) is 11.8 Å². The van der Waals surface area contributed by atoms with Crippen molar-refractivity contribution < 1.29 is 4.74 Å². The maximum absolute atomic E-state index is 6.09. The van der Waals surface area contributed by atoms with Gasteiger partial charge in [-0.25, -0.2) is 0 Å². The predicted molar refractivity (Wildman–Crippen MR) is 150 cm³/mol. The minimum absolute atomic E-state index is 0.112. The van der Waals surface area contributed by atoms with Crippen molar-refractivity contribution >= 4 is 29.1 Å². The smallest absolute Gasteiger partial charge is 0.234 e. The Labute approximate surface area is 219 Å². The van der Waals surface area contributed by atoms with E-state index in [2.05, 4.69) is 57.8 Å². The maximum Gasteiger partial charge on any atom is 0.234 e. The molecule has 1 aliphatic carbocycles. The van der Waals surface area contributed by atoms with Gasteiger partial charge in [-0.2, -0.15) is 9.97 Å². The van der Waals surface area contributed by atoms with Crippen molar-refractivity contribution in [2.24, 2.45) is 5.92 Å². The number of nitrogens with zero attached hydrogens (tertiary/aromatic N) is 3. The summed E-state index contributed by atoms with van der Waals surface area (Å²) < 4.78 is 6.09. The molecule has 0 unspecified atom stereocenters. The normalized spacial score (nSPS) is 19.0. The molecule has 6 nitrogen and oxygen atoms in total. The molecular weight excluding hydrogens is 466 g/mol. The number of benzene rings is 2. The Morgan fingerprint density at radius 2 is 1.75 bits per heavy atom. The zero-order valence-electron chi connectivity index (χ0n) is 21.0. The standard InChI is InChI=1S/C29H35N5OS/c1-22-11-10-18-34(20-22)25-19-26(35-24-14-6-3-7-15-24)32-27(31-25)33-28(36)30-21-29(16-8-9-17-29)23-12-4-2-5-13-23/h2-7,12-15,19,22H,8-11,16-18,20-21H2,1H3,(H2,30,31,32,33,36)/t22-/m1/s1. The average Bonchev–Trinajstić information content (AvgIpc) is 3.39. The molecule has 2 N–H and O–H groups in total. The molecule has 5 rings (SSSR count). The Morgan fingerprint density at radius 3 is 2.47 bits per heavy atom. The first-order chi connectivity index (χ1) is 17.6. The average molecular weight is 502 g/mol. The molecule has 1 aliphatic heterocycles. The fourth-order valence-electron chi connectivity index (χ4n) is 5.50. The number of nitrogens with one attached hydrogen (secondary N) is 2. The lowest BCUT2D eigenvalue weighted by atomic mass is 9.79. The van der Waals surface area contributed by atoms with Crippen LogP contribution in [0.5, 0.6) is 11.6 Å². The number of piperidine rings is 1. The Bertz CT molecular complexity index is 1150. The van der Waals surface area contributed by atoms with Crippen LogP contribution in [-0.2, 0) is 5.41 Å². The summed E-state index contributed by atoms with van der Waals surface area (Å²) in [7, 11) is 0. The number of anilines is 2. The van der Waals surface area contributed by atoms with Crippen LogP contribution in [0.2, 0.25) is 0 Å². The topological polar surface area (TPSA) is 62.3 Å². The van der Waals surface area contributed by atoms with Crippen molar-refractivity contribution in [3.8, 4) is 11.6 Å². The van der Waals surface area contributed by atoms with Crippen molar-refractivity contribution in [2.75, 3.05) is 29.9 Å². The highest BCUT2D eigenvalue weighted by molar-refractivity contribution is 7.80. The third kappa shape index (κ3) is 5.95. The van der Waals surface area contributed by atoms with Gasteiger partial charge in [-0.05, 0) is 61.5 Å². The first-order valence-electron chi connectivity index (χ1n) is 13.1. The van der Waals surface area contributed by atoms with E-state index in [9.17, 15) is 0 Å². The first-order valence-corrected chi connectivity index (χ1v) is 13.5. The molecule has 1 aromatic heterocycles. The van der Waals surface area contributed by atoms with Gasteiger partial charge in [0.05, 0.1) is 0 Å². The van der Waals surface area contributed by atoms with Gasteiger partial charge in [0.15, 0.2) is 5.11 Å². The second kappa shape index (κ2) is 11.2. The molecule has 0 spiro atoms. The van der Waals surface area contributed by atoms with Crippen molar-refractivity contribution in [3.63, 3.8) is 0 Å². The van der Waals surface area contributed by atoms with Gasteiger partial charge >= 0.3 is 0 Å². The first kappa shape index (κ1) is 24.5. The lowest BCUT2D eigenvalue weighted by molar-refractivity contribution is 0.435. The molecule has 1 atom stereocenters. The number of thiocarbonyl (C=S) groups is 1. The number of ether oxygens (including phenoxy) is 1. The summed E-state index contributed by atoms with van der Waals surface area (Å²) in [6.45, 7) is 5.04. The summed E-state index contributed by atoms with van der Waals surface area (Å²) in [5.41, 5.74) is 1.50. The molecule has 188 valence electrons. The Hall–Kier alpha value is -3.19. The number of hydrogen-bond acceptors (Lipinski definition) is 5. The van der Waals surface area contributed by atoms with Crippen LogP contribution in [0.25, 0.3) is 0 Å². The molecule has 2 fully saturated rings. The summed E-state index contributed by atoms with van der Waals surface area (Å²) in [5.74, 6) is 3.20. The van der Waals surface area contributed by atoms with Crippen molar-refractivity contribution in [3.05, 3.63) is 72.3 Å². The monoisotopic (exact) mass is 501 g/mol. The van der Waals surface area contributed by atoms with Crippen molar-refractivity contribution in [1.82, 2.24) is 15.3 Å². The molecule has 36 heavy (non-hydrogen) atoms. The van der Waals surface area contributed by atoms with Gasteiger partial charge in [0.2, 0.25) is 11.8 Å². The SMILES string of the molecule is C[C@@H]1CCCN(c2cc(Oc3ccccc3)nc(NC(=S)NCC3(c4ccccc4)CCCC3)n2)C1. The zero-order valence-corrected chi connectivity index (χ0v) is 21.8. The van der Waals surface area contributed by atoms with E-state index in [0.29, 0.717) is 22.9 Å². The van der Waals surface area contributed by atoms with E-state index >= 15 is 0 Å². The highest BCUT2D eigenvalue weighted by atomic mass is 32.1. The fourth-order valence-corrected chi connectivity index (χ4v) is 5.66. The van der Waals surface area contributed by atoms with Gasteiger partial charge in [0.25, 0.3) is 0 Å². The molecule has 2 heterocycles. The van der Waals surface area contributed by atoms with Gasteiger partial charge in [0, 0.05) is 31.1 Å². The number of rotatable bonds is 7. The number of hydrogen-bond donors (Lipinski definition) is 2. The summed E-state index contributed by atoms with van der Waals surface area (Å²) in [6, 6.07) is 22.5. The third-order valence-corrected chi connectivity index (χ3v) is 7.64. The number of para-hydroxylation sites is 1. The van der Waals surface area contributed by atoms with Gasteiger partial charge in [-0.3, -0.25) is 0 Å². The summed E-state index contributed by atoms with van der Waals surface area (Å²) in [4.78, 5) is 11.8. The van der Waals surface area contributed by atoms with Gasteiger partial charge in [0.1, 0.15) is 11.6 Å². The predicted octanol–water partition coefficient (Wildman–Crippen LogP) is 6.30. The molecule has 0 radical (unpaired) electrons. The highest BCUT2D eigenvalue weighted by Crippen LogP contribution is 2.40. The molecule has 1 saturated heterocycles. The Morgan fingerprint density at radius 1 is 1.03 bits per heavy atom. The van der Waals surface area contributed by atoms with Gasteiger partial charge in [-0.1, -0.05) is 68.3 Å². The molecule has 2 aromatic carbocycles. The van der Waals surface area contributed by atoms with E-state index in [1.54, 1.807) is 0 Å². The number of aromatic nitrogens is 2. The van der Waals surface area contributed by atoms with Crippen LogP contribution in [0.3, 0.4) is 0 Å². The summed E-state index contributed by atoms with van der Waals surface area (Å²) in [5, 5.41) is 7.25. The van der Waals surface area contributed by atoms with Gasteiger partial charge < -0.3 is 20.3 Å². The highest BCUT2D eigenvalue weighted by Gasteiger charge is 2.35. The zero-order chi connectivity index (χ0) is 24.8. The molecule has 1 saturated carbocycles.